The van der Waals surface area contributed by atoms with Crippen LogP contribution in [0, 0.1) is 3.57 Å². The van der Waals surface area contributed by atoms with Crippen LogP contribution in [0.3, 0.4) is 0 Å². The molecule has 0 unspecified atom stereocenters. The van der Waals surface area contributed by atoms with E-state index in [9.17, 15) is 4.79 Å². The molecule has 0 radical (unpaired) electrons. The predicted molar refractivity (Wildman–Crippen MR) is 129 cm³/mol. The molecule has 7 heteroatoms. The maximum atomic E-state index is 12.6. The summed E-state index contributed by atoms with van der Waals surface area (Å²) in [5.74, 6) is 0.852. The minimum absolute atomic E-state index is 0.0188. The van der Waals surface area contributed by atoms with Crippen LogP contribution in [0.25, 0.3) is 6.08 Å². The molecule has 0 atom stereocenters. The van der Waals surface area contributed by atoms with Gasteiger partial charge in [-0.25, -0.2) is 0 Å². The number of hydrogen-bond acceptors (Lipinski definition) is 4. The number of aliphatic imine (C=N–C) groups is 1. The summed E-state index contributed by atoms with van der Waals surface area (Å²) < 4.78 is 8.01. The van der Waals surface area contributed by atoms with E-state index in [1.54, 1.807) is 4.90 Å². The summed E-state index contributed by atoms with van der Waals surface area (Å²) >= 11 is 7.14. The van der Waals surface area contributed by atoms with E-state index in [0.29, 0.717) is 24.6 Å². The van der Waals surface area contributed by atoms with Crippen LogP contribution < -0.4 is 4.74 Å². The van der Waals surface area contributed by atoms with E-state index >= 15 is 0 Å². The van der Waals surface area contributed by atoms with Gasteiger partial charge in [-0.1, -0.05) is 34.1 Å². The van der Waals surface area contributed by atoms with Gasteiger partial charge in [0.05, 0.1) is 8.48 Å². The molecule has 2 aromatic carbocycles. The number of halogens is 2. The van der Waals surface area contributed by atoms with Crippen molar-refractivity contribution in [1.29, 1.82) is 0 Å². The lowest BCUT2D eigenvalue weighted by atomic mass is 10.2. The van der Waals surface area contributed by atoms with E-state index in [1.165, 1.54) is 11.8 Å². The van der Waals surface area contributed by atoms with Crippen molar-refractivity contribution in [2.45, 2.75) is 20.5 Å². The number of carbonyl (C=O) groups excluding carboxylic acids is 1. The number of benzene rings is 2. The van der Waals surface area contributed by atoms with E-state index in [2.05, 4.69) is 43.5 Å². The summed E-state index contributed by atoms with van der Waals surface area (Å²) in [7, 11) is 0. The minimum atomic E-state index is 0.0188. The molecule has 146 valence electrons. The second-order valence-corrected chi connectivity index (χ2v) is 9.11. The number of amidine groups is 1. The van der Waals surface area contributed by atoms with Crippen LogP contribution >= 0.6 is 50.3 Å². The van der Waals surface area contributed by atoms with Crippen LogP contribution in [0.4, 0.5) is 0 Å². The maximum absolute atomic E-state index is 12.6. The van der Waals surface area contributed by atoms with Crippen molar-refractivity contribution in [2.75, 3.05) is 13.1 Å². The van der Waals surface area contributed by atoms with Gasteiger partial charge in [-0.05, 0) is 89.7 Å². The highest BCUT2D eigenvalue weighted by Crippen LogP contribution is 2.33. The van der Waals surface area contributed by atoms with E-state index in [1.807, 2.05) is 62.4 Å². The Kier molecular flexibility index (Phi) is 7.59. The molecule has 2 aromatic rings. The molecule has 0 spiro atoms. The van der Waals surface area contributed by atoms with Crippen molar-refractivity contribution in [1.82, 2.24) is 4.90 Å². The first-order valence-electron chi connectivity index (χ1n) is 8.94. The van der Waals surface area contributed by atoms with Crippen LogP contribution in [0.2, 0.25) is 0 Å². The summed E-state index contributed by atoms with van der Waals surface area (Å²) in [5.41, 5.74) is 2.09. The Morgan fingerprint density at radius 3 is 2.61 bits per heavy atom. The van der Waals surface area contributed by atoms with Gasteiger partial charge in [0.2, 0.25) is 0 Å². The van der Waals surface area contributed by atoms with Crippen molar-refractivity contribution in [3.63, 3.8) is 0 Å². The second-order valence-electron chi connectivity index (χ2n) is 6.02. The molecule has 0 aliphatic carbocycles. The average Bonchev–Trinajstić information content (AvgIpc) is 2.97. The third-order valence-corrected chi connectivity index (χ3v) is 6.48. The topological polar surface area (TPSA) is 41.9 Å². The summed E-state index contributed by atoms with van der Waals surface area (Å²) in [6.07, 6.45) is 1.93. The number of carbonyl (C=O) groups is 1. The highest BCUT2D eigenvalue weighted by Gasteiger charge is 2.31. The second kappa shape index (κ2) is 9.93. The molecule has 1 fully saturated rings. The van der Waals surface area contributed by atoms with Crippen LogP contribution in [0.1, 0.15) is 25.0 Å². The molecule has 28 heavy (non-hydrogen) atoms. The number of hydrogen-bond donors (Lipinski definition) is 0. The number of thioether (sulfide) groups is 1. The first kappa shape index (κ1) is 21.4. The Balaban J connectivity index is 1.73. The molecule has 1 aliphatic heterocycles. The van der Waals surface area contributed by atoms with Gasteiger partial charge in [-0.2, -0.15) is 0 Å². The number of rotatable bonds is 6. The number of ether oxygens (including phenoxy) is 1. The Labute approximate surface area is 191 Å². The highest BCUT2D eigenvalue weighted by atomic mass is 127. The van der Waals surface area contributed by atoms with Crippen LogP contribution in [0.15, 0.2) is 56.8 Å². The first-order valence-corrected chi connectivity index (χ1v) is 11.6. The van der Waals surface area contributed by atoms with E-state index in [-0.39, 0.29) is 5.91 Å². The number of nitrogens with zero attached hydrogens (tertiary/aromatic N) is 2. The fourth-order valence-corrected chi connectivity index (χ4v) is 4.72. The molecule has 4 nitrogen and oxygen atoms in total. The SMILES string of the molecule is CCN=C1S/C(=C/c2ccc(OCc3ccc(Br)cc3)c(I)c2)C(=O)N1CC. The summed E-state index contributed by atoms with van der Waals surface area (Å²) in [6.45, 7) is 5.75. The van der Waals surface area contributed by atoms with Gasteiger partial charge in [0.15, 0.2) is 5.17 Å². The monoisotopic (exact) mass is 570 g/mol. The molecule has 1 saturated heterocycles. The van der Waals surface area contributed by atoms with Crippen LogP contribution in [-0.4, -0.2) is 29.1 Å². The predicted octanol–water partition coefficient (Wildman–Crippen LogP) is 5.94. The quantitative estimate of drug-likeness (QED) is 0.318. The zero-order valence-electron chi connectivity index (χ0n) is 15.6. The van der Waals surface area contributed by atoms with Gasteiger partial charge in [-0.15, -0.1) is 0 Å². The largest absolute Gasteiger partial charge is 0.488 e. The Bertz CT molecular complexity index is 929. The highest BCUT2D eigenvalue weighted by molar-refractivity contribution is 14.1. The van der Waals surface area contributed by atoms with Gasteiger partial charge in [-0.3, -0.25) is 14.7 Å². The molecular formula is C21H20BrIN2O2S. The third kappa shape index (κ3) is 5.18. The van der Waals surface area contributed by atoms with Crippen LogP contribution in [0.5, 0.6) is 5.75 Å². The molecule has 0 saturated carbocycles. The smallest absolute Gasteiger partial charge is 0.266 e. The molecule has 1 amide bonds. The molecule has 0 N–H and O–H groups in total. The van der Waals surface area contributed by atoms with Crippen molar-refractivity contribution < 1.29 is 9.53 Å². The number of amides is 1. The normalized spacial score (nSPS) is 17.0. The van der Waals surface area contributed by atoms with E-state index in [0.717, 1.165) is 30.1 Å². The van der Waals surface area contributed by atoms with Crippen molar-refractivity contribution >= 4 is 67.4 Å². The Hall–Kier alpha value is -1.32. The standard InChI is InChI=1S/C21H20BrIN2O2S/c1-3-24-21-25(4-2)20(26)19(28-21)12-15-7-10-18(17(23)11-15)27-13-14-5-8-16(22)9-6-14/h5-12H,3-4,13H2,1-2H3/b19-12+,24-21?. The fraction of sp³-hybridized carbons (Fsp3) is 0.238. The van der Waals surface area contributed by atoms with E-state index in [4.69, 9.17) is 4.74 Å². The van der Waals surface area contributed by atoms with Crippen molar-refractivity contribution in [3.8, 4) is 5.75 Å². The number of likely N-dealkylation sites (N-methyl/N-ethyl adjacent to an activating group) is 1. The zero-order chi connectivity index (χ0) is 20.1. The van der Waals surface area contributed by atoms with Gasteiger partial charge < -0.3 is 4.74 Å². The summed E-state index contributed by atoms with van der Waals surface area (Å²) in [4.78, 5) is 19.4. The third-order valence-electron chi connectivity index (χ3n) is 4.06. The summed E-state index contributed by atoms with van der Waals surface area (Å²) in [6, 6.07) is 14.0. The molecule has 0 bridgehead atoms. The van der Waals surface area contributed by atoms with Gasteiger partial charge in [0.1, 0.15) is 12.4 Å². The summed E-state index contributed by atoms with van der Waals surface area (Å²) in [5, 5.41) is 0.783. The van der Waals surface area contributed by atoms with Crippen molar-refractivity contribution in [3.05, 3.63) is 66.5 Å². The van der Waals surface area contributed by atoms with Crippen molar-refractivity contribution in [2.24, 2.45) is 4.99 Å². The maximum Gasteiger partial charge on any atom is 0.266 e. The average molecular weight is 571 g/mol. The first-order chi connectivity index (χ1) is 13.5. The zero-order valence-corrected chi connectivity index (χ0v) is 20.2. The van der Waals surface area contributed by atoms with Gasteiger partial charge in [0.25, 0.3) is 5.91 Å². The lowest BCUT2D eigenvalue weighted by molar-refractivity contribution is -0.122. The van der Waals surface area contributed by atoms with Gasteiger partial charge >= 0.3 is 0 Å². The molecule has 3 rings (SSSR count). The fourth-order valence-electron chi connectivity index (χ4n) is 2.66. The molecular weight excluding hydrogens is 551 g/mol. The lowest BCUT2D eigenvalue weighted by Gasteiger charge is -2.11. The lowest BCUT2D eigenvalue weighted by Crippen LogP contribution is -2.28. The van der Waals surface area contributed by atoms with Crippen LogP contribution in [-0.2, 0) is 11.4 Å². The Morgan fingerprint density at radius 1 is 1.21 bits per heavy atom. The van der Waals surface area contributed by atoms with E-state index < -0.39 is 0 Å². The molecule has 1 heterocycles. The molecule has 0 aromatic heterocycles. The minimum Gasteiger partial charge on any atom is -0.488 e. The molecule has 1 aliphatic rings. The Morgan fingerprint density at radius 2 is 1.96 bits per heavy atom. The van der Waals surface area contributed by atoms with Gasteiger partial charge in [0, 0.05) is 17.6 Å².